The van der Waals surface area contributed by atoms with E-state index in [9.17, 15) is 4.79 Å². The summed E-state index contributed by atoms with van der Waals surface area (Å²) in [5.41, 5.74) is 1.18. The van der Waals surface area contributed by atoms with Gasteiger partial charge >= 0.3 is 6.03 Å². The molecular weight excluding hydrogens is 344 g/mol. The average molecular weight is 377 g/mol. The molecule has 7 nitrogen and oxygen atoms in total. The molecule has 1 aromatic carbocycles. The lowest BCUT2D eigenvalue weighted by Crippen LogP contribution is -2.52. The number of anilines is 1. The van der Waals surface area contributed by atoms with Gasteiger partial charge in [-0.2, -0.15) is 0 Å². The van der Waals surface area contributed by atoms with Crippen LogP contribution in [0.25, 0.3) is 0 Å². The molecule has 1 aromatic rings. The van der Waals surface area contributed by atoms with Crippen LogP contribution in [0.15, 0.2) is 24.3 Å². The van der Waals surface area contributed by atoms with Crippen LogP contribution >= 0.6 is 0 Å². The predicted molar refractivity (Wildman–Crippen MR) is 107 cm³/mol. The van der Waals surface area contributed by atoms with Crippen molar-refractivity contribution < 1.29 is 14.3 Å². The fourth-order valence-electron chi connectivity index (χ4n) is 3.43. The van der Waals surface area contributed by atoms with Gasteiger partial charge in [-0.05, 0) is 38.1 Å². The zero-order valence-corrected chi connectivity index (χ0v) is 16.5. The maximum Gasteiger partial charge on any atom is 0.317 e. The molecule has 2 aliphatic heterocycles. The highest BCUT2D eigenvalue weighted by Gasteiger charge is 2.21. The molecule has 0 aromatic heterocycles. The molecule has 2 saturated heterocycles. The number of nitrogens with one attached hydrogen (secondary N) is 1. The Kier molecular flexibility index (Phi) is 7.18. The van der Waals surface area contributed by atoms with Crippen molar-refractivity contribution in [3.8, 4) is 5.75 Å². The molecule has 0 saturated carbocycles. The summed E-state index contributed by atoms with van der Waals surface area (Å²) >= 11 is 0. The SMILES string of the molecule is CC(C)Oc1ccc(N2CCN(C(=O)NCCN3CCOCC3)CC2)cc1. The molecule has 7 heteroatoms. The molecule has 0 spiro atoms. The van der Waals surface area contributed by atoms with E-state index in [1.807, 2.05) is 30.9 Å². The minimum atomic E-state index is 0.0450. The zero-order valence-electron chi connectivity index (χ0n) is 16.5. The second-order valence-corrected chi connectivity index (χ2v) is 7.32. The summed E-state index contributed by atoms with van der Waals surface area (Å²) in [5, 5.41) is 3.05. The number of carbonyl (C=O) groups is 1. The zero-order chi connectivity index (χ0) is 19.1. The van der Waals surface area contributed by atoms with Crippen LogP contribution in [0, 0.1) is 0 Å². The van der Waals surface area contributed by atoms with E-state index in [4.69, 9.17) is 9.47 Å². The van der Waals surface area contributed by atoms with Crippen molar-refractivity contribution in [3.63, 3.8) is 0 Å². The Hall–Kier alpha value is -1.99. The van der Waals surface area contributed by atoms with Gasteiger partial charge in [0.15, 0.2) is 0 Å². The maximum absolute atomic E-state index is 12.4. The van der Waals surface area contributed by atoms with Crippen molar-refractivity contribution in [2.75, 3.05) is 70.5 Å². The fraction of sp³-hybridized carbons (Fsp3) is 0.650. The third-order valence-corrected chi connectivity index (χ3v) is 4.95. The molecule has 2 heterocycles. The van der Waals surface area contributed by atoms with Crippen molar-refractivity contribution in [1.29, 1.82) is 0 Å². The van der Waals surface area contributed by atoms with E-state index in [0.29, 0.717) is 6.54 Å². The summed E-state index contributed by atoms with van der Waals surface area (Å²) in [5.74, 6) is 0.895. The number of morpholine rings is 1. The topological polar surface area (TPSA) is 57.3 Å². The average Bonchev–Trinajstić information content (AvgIpc) is 2.69. The molecule has 0 radical (unpaired) electrons. The van der Waals surface area contributed by atoms with Crippen LogP contribution < -0.4 is 15.0 Å². The van der Waals surface area contributed by atoms with E-state index in [1.165, 1.54) is 5.69 Å². The molecule has 0 aliphatic carbocycles. The first-order chi connectivity index (χ1) is 13.1. The third-order valence-electron chi connectivity index (χ3n) is 4.95. The molecule has 0 bridgehead atoms. The summed E-state index contributed by atoms with van der Waals surface area (Å²) in [6, 6.07) is 8.26. The van der Waals surface area contributed by atoms with Gasteiger partial charge in [-0.3, -0.25) is 4.90 Å². The minimum absolute atomic E-state index is 0.0450. The van der Waals surface area contributed by atoms with Gasteiger partial charge in [0.2, 0.25) is 0 Å². The smallest absolute Gasteiger partial charge is 0.317 e. The van der Waals surface area contributed by atoms with Crippen LogP contribution in [0.3, 0.4) is 0 Å². The Morgan fingerprint density at radius 1 is 1.07 bits per heavy atom. The molecule has 0 unspecified atom stereocenters. The number of urea groups is 1. The highest BCUT2D eigenvalue weighted by Crippen LogP contribution is 2.21. The first-order valence-electron chi connectivity index (χ1n) is 9.96. The molecule has 2 amide bonds. The van der Waals surface area contributed by atoms with E-state index in [0.717, 1.165) is 64.8 Å². The predicted octanol–water partition coefficient (Wildman–Crippen LogP) is 1.64. The van der Waals surface area contributed by atoms with Gasteiger partial charge in [-0.15, -0.1) is 0 Å². The van der Waals surface area contributed by atoms with Gasteiger partial charge in [0, 0.05) is 58.0 Å². The van der Waals surface area contributed by atoms with Gasteiger partial charge in [0.1, 0.15) is 5.75 Å². The summed E-state index contributed by atoms with van der Waals surface area (Å²) in [4.78, 5) is 18.9. The van der Waals surface area contributed by atoms with Gasteiger partial charge < -0.3 is 24.6 Å². The Balaban J connectivity index is 1.38. The van der Waals surface area contributed by atoms with Crippen molar-refractivity contribution in [2.24, 2.45) is 0 Å². The van der Waals surface area contributed by atoms with E-state index >= 15 is 0 Å². The molecule has 3 rings (SSSR count). The summed E-state index contributed by atoms with van der Waals surface area (Å²) < 4.78 is 11.0. The standard InChI is InChI=1S/C20H32N4O3/c1-17(2)27-19-5-3-18(4-6-19)23-9-11-24(12-10-23)20(25)21-7-8-22-13-15-26-16-14-22/h3-6,17H,7-16H2,1-2H3,(H,21,25). The molecule has 2 fully saturated rings. The quantitative estimate of drug-likeness (QED) is 0.818. The Bertz CT molecular complexity index is 579. The van der Waals surface area contributed by atoms with Gasteiger partial charge in [0.05, 0.1) is 19.3 Å². The Morgan fingerprint density at radius 3 is 2.37 bits per heavy atom. The third kappa shape index (κ3) is 6.01. The molecule has 150 valence electrons. The fourth-order valence-corrected chi connectivity index (χ4v) is 3.43. The van der Waals surface area contributed by atoms with Crippen LogP contribution in [-0.2, 0) is 4.74 Å². The summed E-state index contributed by atoms with van der Waals surface area (Å²) in [6.45, 7) is 12.3. The van der Waals surface area contributed by atoms with Gasteiger partial charge in [-0.25, -0.2) is 4.79 Å². The van der Waals surface area contributed by atoms with Gasteiger partial charge in [-0.1, -0.05) is 0 Å². The van der Waals surface area contributed by atoms with Crippen LogP contribution in [0.2, 0.25) is 0 Å². The van der Waals surface area contributed by atoms with Crippen LogP contribution in [0.1, 0.15) is 13.8 Å². The lowest BCUT2D eigenvalue weighted by molar-refractivity contribution is 0.0386. The van der Waals surface area contributed by atoms with Crippen LogP contribution in [-0.4, -0.2) is 87.5 Å². The second-order valence-electron chi connectivity index (χ2n) is 7.32. The first-order valence-corrected chi connectivity index (χ1v) is 9.96. The minimum Gasteiger partial charge on any atom is -0.491 e. The van der Waals surface area contributed by atoms with Crippen molar-refractivity contribution in [2.45, 2.75) is 20.0 Å². The Labute approximate surface area is 162 Å². The number of hydrogen-bond donors (Lipinski definition) is 1. The number of carbonyl (C=O) groups excluding carboxylic acids is 1. The lowest BCUT2D eigenvalue weighted by Gasteiger charge is -2.36. The largest absolute Gasteiger partial charge is 0.491 e. The van der Waals surface area contributed by atoms with Crippen molar-refractivity contribution >= 4 is 11.7 Å². The van der Waals surface area contributed by atoms with Crippen molar-refractivity contribution in [1.82, 2.24) is 15.1 Å². The Morgan fingerprint density at radius 2 is 1.74 bits per heavy atom. The maximum atomic E-state index is 12.4. The highest BCUT2D eigenvalue weighted by atomic mass is 16.5. The number of benzene rings is 1. The van der Waals surface area contributed by atoms with E-state index < -0.39 is 0 Å². The second kappa shape index (κ2) is 9.80. The number of amides is 2. The number of hydrogen-bond acceptors (Lipinski definition) is 5. The number of nitrogens with zero attached hydrogens (tertiary/aromatic N) is 3. The highest BCUT2D eigenvalue weighted by molar-refractivity contribution is 5.74. The number of piperazine rings is 1. The molecule has 1 N–H and O–H groups in total. The molecule has 27 heavy (non-hydrogen) atoms. The first kappa shape index (κ1) is 19.8. The van der Waals surface area contributed by atoms with Crippen LogP contribution in [0.4, 0.5) is 10.5 Å². The van der Waals surface area contributed by atoms with Gasteiger partial charge in [0.25, 0.3) is 0 Å². The van der Waals surface area contributed by atoms with E-state index in [1.54, 1.807) is 0 Å². The molecule has 0 atom stereocenters. The van der Waals surface area contributed by atoms with Crippen molar-refractivity contribution in [3.05, 3.63) is 24.3 Å². The monoisotopic (exact) mass is 376 g/mol. The summed E-state index contributed by atoms with van der Waals surface area (Å²) in [6.07, 6.45) is 0.182. The van der Waals surface area contributed by atoms with E-state index in [2.05, 4.69) is 27.2 Å². The molecular formula is C20H32N4O3. The van der Waals surface area contributed by atoms with E-state index in [-0.39, 0.29) is 12.1 Å². The number of ether oxygens (including phenoxy) is 2. The van der Waals surface area contributed by atoms with Crippen LogP contribution in [0.5, 0.6) is 5.75 Å². The normalized spacial score (nSPS) is 18.6. The molecule has 2 aliphatic rings. The summed E-state index contributed by atoms with van der Waals surface area (Å²) in [7, 11) is 0. The lowest BCUT2D eigenvalue weighted by atomic mass is 10.2. The number of rotatable bonds is 6.